The minimum atomic E-state index is 0.274. The van der Waals surface area contributed by atoms with Crippen LogP contribution < -0.4 is 0 Å². The maximum Gasteiger partial charge on any atom is 0.0647 e. The molecule has 5 unspecified atom stereocenters. The van der Waals surface area contributed by atoms with Crippen LogP contribution in [0.25, 0.3) is 0 Å². The van der Waals surface area contributed by atoms with Crippen LogP contribution in [0.15, 0.2) is 11.6 Å². The highest BCUT2D eigenvalue weighted by molar-refractivity contribution is 5.22. The largest absolute Gasteiger partial charge is 0.392 e. The highest BCUT2D eigenvalue weighted by atomic mass is 16.3. The predicted octanol–water partition coefficient (Wildman–Crippen LogP) is 4.95. The van der Waals surface area contributed by atoms with Gasteiger partial charge in [-0.1, -0.05) is 39.7 Å². The number of hydrogen-bond acceptors (Lipinski definition) is 1. The van der Waals surface area contributed by atoms with Crippen molar-refractivity contribution in [1.82, 2.24) is 0 Å². The van der Waals surface area contributed by atoms with Gasteiger partial charge >= 0.3 is 0 Å². The van der Waals surface area contributed by atoms with Crippen molar-refractivity contribution in [2.45, 2.75) is 72.1 Å². The first-order valence-corrected chi connectivity index (χ1v) is 8.85. The molecule has 0 aromatic heterocycles. The van der Waals surface area contributed by atoms with Gasteiger partial charge in [-0.25, -0.2) is 0 Å². The molecule has 3 rings (SSSR count). The van der Waals surface area contributed by atoms with E-state index in [1.165, 1.54) is 56.9 Å². The third kappa shape index (κ3) is 2.00. The maximum absolute atomic E-state index is 9.81. The molecule has 0 aliphatic heterocycles. The lowest BCUT2D eigenvalue weighted by atomic mass is 9.49. The first-order chi connectivity index (χ1) is 9.55. The van der Waals surface area contributed by atoms with Gasteiger partial charge in [0.25, 0.3) is 0 Å². The van der Waals surface area contributed by atoms with Gasteiger partial charge in [-0.15, -0.1) is 0 Å². The van der Waals surface area contributed by atoms with Gasteiger partial charge in [0.05, 0.1) is 6.61 Å². The number of fused-ring (bicyclic) bond motifs is 3. The zero-order valence-corrected chi connectivity index (χ0v) is 13.6. The molecule has 3 aliphatic carbocycles. The Morgan fingerprint density at radius 1 is 1.20 bits per heavy atom. The Morgan fingerprint density at radius 2 is 2.00 bits per heavy atom. The molecule has 1 heteroatoms. The van der Waals surface area contributed by atoms with Crippen LogP contribution >= 0.6 is 0 Å². The SMILES string of the molecule is CCCC1(C)C(CO)=CCC2C3CCCC3(C)CCC21. The average Bonchev–Trinajstić information content (AvgIpc) is 2.81. The molecule has 0 saturated heterocycles. The molecule has 5 atom stereocenters. The van der Waals surface area contributed by atoms with E-state index >= 15 is 0 Å². The molecule has 0 bridgehead atoms. The van der Waals surface area contributed by atoms with Gasteiger partial charge in [0.15, 0.2) is 0 Å². The Morgan fingerprint density at radius 3 is 2.70 bits per heavy atom. The van der Waals surface area contributed by atoms with Crippen molar-refractivity contribution in [3.8, 4) is 0 Å². The Kier molecular flexibility index (Phi) is 3.77. The van der Waals surface area contributed by atoms with E-state index in [1.807, 2.05) is 0 Å². The Labute approximate surface area is 124 Å². The van der Waals surface area contributed by atoms with Gasteiger partial charge < -0.3 is 5.11 Å². The lowest BCUT2D eigenvalue weighted by Gasteiger charge is -2.55. The molecule has 0 amide bonds. The Balaban J connectivity index is 1.93. The van der Waals surface area contributed by atoms with Gasteiger partial charge in [-0.3, -0.25) is 0 Å². The second kappa shape index (κ2) is 5.16. The van der Waals surface area contributed by atoms with Crippen LogP contribution in [0.1, 0.15) is 72.1 Å². The van der Waals surface area contributed by atoms with Crippen LogP contribution in [0.2, 0.25) is 0 Å². The zero-order chi connectivity index (χ0) is 14.4. The van der Waals surface area contributed by atoms with E-state index in [0.717, 1.165) is 17.8 Å². The summed E-state index contributed by atoms with van der Waals surface area (Å²) in [6, 6.07) is 0. The lowest BCUT2D eigenvalue weighted by Crippen LogP contribution is -2.47. The fourth-order valence-corrected chi connectivity index (χ4v) is 6.26. The van der Waals surface area contributed by atoms with Crippen molar-refractivity contribution < 1.29 is 5.11 Å². The minimum absolute atomic E-state index is 0.274. The molecule has 3 aliphatic rings. The van der Waals surface area contributed by atoms with Gasteiger partial charge in [0, 0.05) is 0 Å². The molecule has 0 spiro atoms. The molecular weight excluding hydrogens is 244 g/mol. The molecule has 0 aromatic rings. The predicted molar refractivity (Wildman–Crippen MR) is 84.5 cm³/mol. The third-order valence-electron chi connectivity index (χ3n) is 7.35. The maximum atomic E-state index is 9.81. The molecule has 20 heavy (non-hydrogen) atoms. The summed E-state index contributed by atoms with van der Waals surface area (Å²) >= 11 is 0. The van der Waals surface area contributed by atoms with E-state index in [-0.39, 0.29) is 12.0 Å². The van der Waals surface area contributed by atoms with Crippen LogP contribution in [0.5, 0.6) is 0 Å². The molecule has 2 fully saturated rings. The Hall–Kier alpha value is -0.300. The number of allylic oxidation sites excluding steroid dienone is 1. The highest BCUT2D eigenvalue weighted by Gasteiger charge is 2.54. The zero-order valence-electron chi connectivity index (χ0n) is 13.6. The van der Waals surface area contributed by atoms with Gasteiger partial charge in [-0.05, 0) is 72.7 Å². The number of hydrogen-bond donors (Lipinski definition) is 1. The second-order valence-electron chi connectivity index (χ2n) is 8.25. The summed E-state index contributed by atoms with van der Waals surface area (Å²) in [5.41, 5.74) is 2.26. The molecule has 0 aromatic carbocycles. The fraction of sp³-hybridized carbons (Fsp3) is 0.895. The van der Waals surface area contributed by atoms with E-state index < -0.39 is 0 Å². The summed E-state index contributed by atoms with van der Waals surface area (Å²) in [6.45, 7) is 7.59. The van der Waals surface area contributed by atoms with Gasteiger partial charge in [0.1, 0.15) is 0 Å². The second-order valence-corrected chi connectivity index (χ2v) is 8.25. The standard InChI is InChI=1S/C19H32O/c1-4-10-19(3)14(13-20)7-8-15-16-6-5-11-18(16,2)12-9-17(15)19/h7,15-17,20H,4-6,8-13H2,1-3H3. The van der Waals surface area contributed by atoms with Crippen LogP contribution in [0, 0.1) is 28.6 Å². The lowest BCUT2D eigenvalue weighted by molar-refractivity contribution is -0.0227. The van der Waals surface area contributed by atoms with Crippen LogP contribution in [0.4, 0.5) is 0 Å². The van der Waals surface area contributed by atoms with Crippen molar-refractivity contribution in [1.29, 1.82) is 0 Å². The van der Waals surface area contributed by atoms with E-state index in [0.29, 0.717) is 5.41 Å². The van der Waals surface area contributed by atoms with E-state index in [4.69, 9.17) is 0 Å². The van der Waals surface area contributed by atoms with Crippen LogP contribution in [-0.4, -0.2) is 11.7 Å². The molecule has 1 N–H and O–H groups in total. The van der Waals surface area contributed by atoms with Crippen LogP contribution in [0.3, 0.4) is 0 Å². The third-order valence-corrected chi connectivity index (χ3v) is 7.35. The quantitative estimate of drug-likeness (QED) is 0.723. The van der Waals surface area contributed by atoms with E-state index in [1.54, 1.807) is 0 Å². The first kappa shape index (κ1) is 14.6. The summed E-state index contributed by atoms with van der Waals surface area (Å²) < 4.78 is 0. The first-order valence-electron chi connectivity index (χ1n) is 8.85. The van der Waals surface area contributed by atoms with Crippen molar-refractivity contribution in [2.75, 3.05) is 6.61 Å². The molecule has 1 nitrogen and oxygen atoms in total. The minimum Gasteiger partial charge on any atom is -0.392 e. The van der Waals surface area contributed by atoms with Crippen molar-refractivity contribution in [2.24, 2.45) is 28.6 Å². The summed E-state index contributed by atoms with van der Waals surface area (Å²) in [6.07, 6.45) is 13.3. The molecule has 0 radical (unpaired) electrons. The van der Waals surface area contributed by atoms with Gasteiger partial charge in [0.2, 0.25) is 0 Å². The number of aliphatic hydroxyl groups is 1. The smallest absolute Gasteiger partial charge is 0.0647 e. The Bertz CT molecular complexity index is 399. The summed E-state index contributed by atoms with van der Waals surface area (Å²) in [4.78, 5) is 0. The molecule has 2 saturated carbocycles. The van der Waals surface area contributed by atoms with Crippen molar-refractivity contribution in [3.05, 3.63) is 11.6 Å². The average molecular weight is 276 g/mol. The summed E-state index contributed by atoms with van der Waals surface area (Å²) in [5, 5.41) is 9.81. The number of aliphatic hydroxyl groups excluding tert-OH is 1. The fourth-order valence-electron chi connectivity index (χ4n) is 6.26. The molecular formula is C19H32O. The highest BCUT2D eigenvalue weighted by Crippen LogP contribution is 2.63. The topological polar surface area (TPSA) is 20.2 Å². The number of rotatable bonds is 3. The van der Waals surface area contributed by atoms with Gasteiger partial charge in [-0.2, -0.15) is 0 Å². The van der Waals surface area contributed by atoms with Crippen LogP contribution in [-0.2, 0) is 0 Å². The summed E-state index contributed by atoms with van der Waals surface area (Å²) in [7, 11) is 0. The van der Waals surface area contributed by atoms with E-state index in [9.17, 15) is 5.11 Å². The van der Waals surface area contributed by atoms with E-state index in [2.05, 4.69) is 26.8 Å². The normalized spacial score (nSPS) is 47.6. The molecule has 0 heterocycles. The van der Waals surface area contributed by atoms with Crippen molar-refractivity contribution >= 4 is 0 Å². The monoisotopic (exact) mass is 276 g/mol. The van der Waals surface area contributed by atoms with Crippen molar-refractivity contribution in [3.63, 3.8) is 0 Å². The molecule has 114 valence electrons. The summed E-state index contributed by atoms with van der Waals surface area (Å²) in [5.74, 6) is 2.67.